The van der Waals surface area contributed by atoms with Crippen LogP contribution >= 0.6 is 27.3 Å². The van der Waals surface area contributed by atoms with Crippen molar-refractivity contribution in [1.82, 2.24) is 0 Å². The van der Waals surface area contributed by atoms with Gasteiger partial charge in [-0.2, -0.15) is 0 Å². The molecule has 1 N–H and O–H groups in total. The van der Waals surface area contributed by atoms with E-state index in [1.54, 1.807) is 0 Å². The predicted octanol–water partition coefficient (Wildman–Crippen LogP) is 9.77. The van der Waals surface area contributed by atoms with Crippen LogP contribution < -0.4 is 0 Å². The number of thiophene rings is 1. The number of benzene rings is 5. The van der Waals surface area contributed by atoms with Gasteiger partial charge in [-0.15, -0.1) is 11.3 Å². The van der Waals surface area contributed by atoms with E-state index in [9.17, 15) is 5.11 Å². The molecule has 5 aromatic carbocycles. The molecule has 0 aliphatic heterocycles. The molecule has 1 heterocycles. The van der Waals surface area contributed by atoms with E-state index in [-0.39, 0.29) is 0 Å². The first kappa shape index (κ1) is 23.2. The SMILES string of the molecule is CC.OC1(c2ccccc2-c2cccc3sc4ccccc4c23)c2ccccc2-c2ccc(Br)cc21. The highest BCUT2D eigenvalue weighted by Crippen LogP contribution is 2.54. The van der Waals surface area contributed by atoms with E-state index in [2.05, 4.69) is 101 Å². The fourth-order valence-corrected chi connectivity index (χ4v) is 7.05. The lowest BCUT2D eigenvalue weighted by Gasteiger charge is -2.29. The smallest absolute Gasteiger partial charge is 0.142 e. The summed E-state index contributed by atoms with van der Waals surface area (Å²) in [6.07, 6.45) is 0. The van der Waals surface area contributed by atoms with Crippen LogP contribution in [0, 0.1) is 0 Å². The van der Waals surface area contributed by atoms with Crippen LogP contribution in [0.4, 0.5) is 0 Å². The van der Waals surface area contributed by atoms with Crippen LogP contribution in [0.3, 0.4) is 0 Å². The lowest BCUT2D eigenvalue weighted by atomic mass is 9.80. The molecule has 1 unspecified atom stereocenters. The van der Waals surface area contributed by atoms with Gasteiger partial charge in [0.25, 0.3) is 0 Å². The third-order valence-electron chi connectivity index (χ3n) is 6.99. The minimum atomic E-state index is -1.25. The molecule has 1 aliphatic carbocycles. The molecule has 176 valence electrons. The van der Waals surface area contributed by atoms with E-state index in [0.717, 1.165) is 43.4 Å². The molecule has 1 aliphatic rings. The Morgan fingerprint density at radius 1 is 0.583 bits per heavy atom. The van der Waals surface area contributed by atoms with Gasteiger partial charge in [-0.1, -0.05) is 115 Å². The monoisotopic (exact) mass is 548 g/mol. The molecule has 0 saturated carbocycles. The lowest BCUT2D eigenvalue weighted by Crippen LogP contribution is -2.27. The summed E-state index contributed by atoms with van der Waals surface area (Å²) in [5.74, 6) is 0. The Hall–Kier alpha value is -3.24. The molecular formula is C33H25BrOS. The summed E-state index contributed by atoms with van der Waals surface area (Å²) in [6.45, 7) is 4.00. The van der Waals surface area contributed by atoms with E-state index in [1.807, 2.05) is 49.4 Å². The van der Waals surface area contributed by atoms with Crippen molar-refractivity contribution in [2.24, 2.45) is 0 Å². The van der Waals surface area contributed by atoms with Crippen LogP contribution in [0.5, 0.6) is 0 Å². The van der Waals surface area contributed by atoms with Crippen LogP contribution in [0.25, 0.3) is 42.4 Å². The van der Waals surface area contributed by atoms with Gasteiger partial charge in [0.15, 0.2) is 0 Å². The highest BCUT2D eigenvalue weighted by Gasteiger charge is 2.44. The first-order valence-electron chi connectivity index (χ1n) is 12.3. The largest absolute Gasteiger partial charge is 0.376 e. The van der Waals surface area contributed by atoms with Gasteiger partial charge in [-0.3, -0.25) is 0 Å². The quantitative estimate of drug-likeness (QED) is 0.228. The van der Waals surface area contributed by atoms with Gasteiger partial charge in [0.1, 0.15) is 5.60 Å². The molecule has 1 nitrogen and oxygen atoms in total. The number of rotatable bonds is 2. The summed E-state index contributed by atoms with van der Waals surface area (Å²) in [7, 11) is 0. The molecule has 1 aromatic heterocycles. The molecule has 7 rings (SSSR count). The number of halogens is 1. The molecule has 0 bridgehead atoms. The first-order valence-corrected chi connectivity index (χ1v) is 13.9. The van der Waals surface area contributed by atoms with Crippen molar-refractivity contribution in [3.8, 4) is 22.3 Å². The molecule has 0 saturated heterocycles. The normalized spacial score (nSPS) is 15.9. The molecule has 0 radical (unpaired) electrons. The Labute approximate surface area is 223 Å². The molecule has 0 spiro atoms. The highest BCUT2D eigenvalue weighted by molar-refractivity contribution is 9.10. The third kappa shape index (κ3) is 3.31. The fraction of sp³-hybridized carbons (Fsp3) is 0.0909. The topological polar surface area (TPSA) is 20.2 Å². The predicted molar refractivity (Wildman–Crippen MR) is 158 cm³/mol. The summed E-state index contributed by atoms with van der Waals surface area (Å²) in [5.41, 5.74) is 5.87. The van der Waals surface area contributed by atoms with E-state index in [1.165, 1.54) is 20.2 Å². The van der Waals surface area contributed by atoms with Gasteiger partial charge in [-0.25, -0.2) is 0 Å². The first-order chi connectivity index (χ1) is 17.7. The standard InChI is InChI=1S/C31H19BrOS.C2H6/c32-19-16-17-22-20-8-1-4-12-25(20)31(33,27(22)18-19)26-13-5-2-9-21(26)23-11-7-15-29-30(23)24-10-3-6-14-28(24)34-29;1-2/h1-18,33H;1-2H3. The Bertz CT molecular complexity index is 1750. The zero-order valence-electron chi connectivity index (χ0n) is 20.1. The number of fused-ring (bicyclic) bond motifs is 6. The Balaban J connectivity index is 0.00000117. The van der Waals surface area contributed by atoms with E-state index in [0.29, 0.717) is 0 Å². The van der Waals surface area contributed by atoms with Crippen molar-refractivity contribution >= 4 is 47.4 Å². The van der Waals surface area contributed by atoms with Gasteiger partial charge in [0.05, 0.1) is 0 Å². The average molecular weight is 550 g/mol. The van der Waals surface area contributed by atoms with Crippen molar-refractivity contribution in [2.45, 2.75) is 19.4 Å². The zero-order valence-corrected chi connectivity index (χ0v) is 22.5. The molecule has 1 atom stereocenters. The van der Waals surface area contributed by atoms with Crippen LogP contribution in [0.15, 0.2) is 114 Å². The highest BCUT2D eigenvalue weighted by atomic mass is 79.9. The zero-order chi connectivity index (χ0) is 24.9. The van der Waals surface area contributed by atoms with Gasteiger partial charge >= 0.3 is 0 Å². The van der Waals surface area contributed by atoms with Crippen molar-refractivity contribution in [3.63, 3.8) is 0 Å². The second-order valence-electron chi connectivity index (χ2n) is 8.77. The van der Waals surface area contributed by atoms with Crippen molar-refractivity contribution < 1.29 is 5.11 Å². The fourth-order valence-electron chi connectivity index (χ4n) is 5.55. The Morgan fingerprint density at radius 3 is 1.89 bits per heavy atom. The lowest BCUT2D eigenvalue weighted by molar-refractivity contribution is 0.131. The molecule has 0 fully saturated rings. The van der Waals surface area contributed by atoms with Crippen LogP contribution in [-0.2, 0) is 5.60 Å². The summed E-state index contributed by atoms with van der Waals surface area (Å²) >= 11 is 5.46. The maximum atomic E-state index is 12.7. The molecule has 36 heavy (non-hydrogen) atoms. The second-order valence-corrected chi connectivity index (χ2v) is 10.8. The van der Waals surface area contributed by atoms with E-state index < -0.39 is 5.60 Å². The van der Waals surface area contributed by atoms with Gasteiger partial charge in [-0.05, 0) is 46.5 Å². The van der Waals surface area contributed by atoms with Gasteiger partial charge in [0.2, 0.25) is 0 Å². The third-order valence-corrected chi connectivity index (χ3v) is 8.62. The van der Waals surface area contributed by atoms with Crippen molar-refractivity contribution in [2.75, 3.05) is 0 Å². The molecular weight excluding hydrogens is 524 g/mol. The summed E-state index contributed by atoms with van der Waals surface area (Å²) in [4.78, 5) is 0. The summed E-state index contributed by atoms with van der Waals surface area (Å²) in [5, 5.41) is 15.2. The van der Waals surface area contributed by atoms with Crippen molar-refractivity contribution in [1.29, 1.82) is 0 Å². The van der Waals surface area contributed by atoms with Crippen molar-refractivity contribution in [3.05, 3.63) is 130 Å². The van der Waals surface area contributed by atoms with Crippen LogP contribution in [0.1, 0.15) is 30.5 Å². The van der Waals surface area contributed by atoms with Crippen LogP contribution in [0.2, 0.25) is 0 Å². The number of hydrogen-bond donors (Lipinski definition) is 1. The van der Waals surface area contributed by atoms with E-state index in [4.69, 9.17) is 0 Å². The van der Waals surface area contributed by atoms with Crippen LogP contribution in [-0.4, -0.2) is 5.11 Å². The molecule has 0 amide bonds. The van der Waals surface area contributed by atoms with Gasteiger partial charge < -0.3 is 5.11 Å². The summed E-state index contributed by atoms with van der Waals surface area (Å²) in [6, 6.07) is 37.8. The number of aliphatic hydroxyl groups is 1. The second kappa shape index (κ2) is 9.01. The Kier molecular flexibility index (Phi) is 5.80. The van der Waals surface area contributed by atoms with Gasteiger partial charge in [0, 0.05) is 41.3 Å². The molecule has 3 heteroatoms. The minimum absolute atomic E-state index is 0.905. The maximum Gasteiger partial charge on any atom is 0.142 e. The summed E-state index contributed by atoms with van der Waals surface area (Å²) < 4.78 is 3.50. The average Bonchev–Trinajstić information content (AvgIpc) is 3.44. The Morgan fingerprint density at radius 2 is 1.14 bits per heavy atom. The number of hydrogen-bond acceptors (Lipinski definition) is 2. The maximum absolute atomic E-state index is 12.7. The van der Waals surface area contributed by atoms with E-state index >= 15 is 0 Å². The molecule has 6 aromatic rings. The minimum Gasteiger partial charge on any atom is -0.376 e.